The summed E-state index contributed by atoms with van der Waals surface area (Å²) >= 11 is 0. The second-order valence-electron chi connectivity index (χ2n) is 5.58. The van der Waals surface area contributed by atoms with Gasteiger partial charge < -0.3 is 10.6 Å². The number of para-hydroxylation sites is 1. The molecule has 0 spiro atoms. The van der Waals surface area contributed by atoms with Gasteiger partial charge in [0.05, 0.1) is 0 Å². The van der Waals surface area contributed by atoms with Crippen molar-refractivity contribution in [2.24, 2.45) is 0 Å². The van der Waals surface area contributed by atoms with Gasteiger partial charge in [0, 0.05) is 23.1 Å². The predicted molar refractivity (Wildman–Crippen MR) is 95.7 cm³/mol. The standard InChI is InChI=1S/C19H20N4/c1-13-8-7-11-17(15(13)3)22-19-20-14(2)12-18(23-19)21-16-9-5-4-6-10-16/h4-12H,1-3H3,(H2,20,21,22,23). The van der Waals surface area contributed by atoms with E-state index >= 15 is 0 Å². The molecule has 2 N–H and O–H groups in total. The number of anilines is 4. The molecule has 23 heavy (non-hydrogen) atoms. The molecule has 0 saturated heterocycles. The Labute approximate surface area is 136 Å². The zero-order valence-corrected chi connectivity index (χ0v) is 13.6. The third-order valence-electron chi connectivity index (χ3n) is 3.75. The first-order chi connectivity index (χ1) is 11.1. The summed E-state index contributed by atoms with van der Waals surface area (Å²) in [4.78, 5) is 9.04. The van der Waals surface area contributed by atoms with Gasteiger partial charge in [0.1, 0.15) is 5.82 Å². The fourth-order valence-electron chi connectivity index (χ4n) is 2.36. The summed E-state index contributed by atoms with van der Waals surface area (Å²) in [5.41, 5.74) is 5.39. The zero-order valence-electron chi connectivity index (χ0n) is 13.6. The van der Waals surface area contributed by atoms with Crippen LogP contribution in [0.5, 0.6) is 0 Å². The average Bonchev–Trinajstić information content (AvgIpc) is 2.52. The van der Waals surface area contributed by atoms with Gasteiger partial charge in [-0.2, -0.15) is 4.98 Å². The molecular formula is C19H20N4. The van der Waals surface area contributed by atoms with E-state index in [0.717, 1.165) is 22.9 Å². The Bertz CT molecular complexity index is 813. The van der Waals surface area contributed by atoms with E-state index in [4.69, 9.17) is 0 Å². The van der Waals surface area contributed by atoms with Crippen LogP contribution in [0.1, 0.15) is 16.8 Å². The highest BCUT2D eigenvalue weighted by atomic mass is 15.1. The molecule has 116 valence electrons. The number of rotatable bonds is 4. The summed E-state index contributed by atoms with van der Waals surface area (Å²) in [5.74, 6) is 1.37. The number of hydrogen-bond donors (Lipinski definition) is 2. The van der Waals surface area contributed by atoms with Crippen molar-refractivity contribution < 1.29 is 0 Å². The van der Waals surface area contributed by atoms with E-state index in [2.05, 4.69) is 40.5 Å². The lowest BCUT2D eigenvalue weighted by atomic mass is 10.1. The molecule has 0 aliphatic rings. The molecule has 0 saturated carbocycles. The Kier molecular flexibility index (Phi) is 4.24. The molecule has 0 fully saturated rings. The van der Waals surface area contributed by atoms with Crippen LogP contribution in [0.2, 0.25) is 0 Å². The number of hydrogen-bond acceptors (Lipinski definition) is 4. The lowest BCUT2D eigenvalue weighted by Gasteiger charge is -2.12. The van der Waals surface area contributed by atoms with Gasteiger partial charge in [0.2, 0.25) is 5.95 Å². The molecule has 0 bridgehead atoms. The second-order valence-corrected chi connectivity index (χ2v) is 5.58. The van der Waals surface area contributed by atoms with Gasteiger partial charge in [-0.25, -0.2) is 4.98 Å². The van der Waals surface area contributed by atoms with Crippen molar-refractivity contribution in [3.8, 4) is 0 Å². The summed E-state index contributed by atoms with van der Waals surface area (Å²) in [6, 6.07) is 18.1. The lowest BCUT2D eigenvalue weighted by molar-refractivity contribution is 1.10. The van der Waals surface area contributed by atoms with E-state index in [1.807, 2.05) is 55.5 Å². The van der Waals surface area contributed by atoms with E-state index in [1.165, 1.54) is 11.1 Å². The number of aromatic nitrogens is 2. The van der Waals surface area contributed by atoms with Crippen molar-refractivity contribution >= 4 is 23.1 Å². The van der Waals surface area contributed by atoms with Crippen LogP contribution in [0.4, 0.5) is 23.1 Å². The molecule has 3 aromatic rings. The third kappa shape index (κ3) is 3.66. The van der Waals surface area contributed by atoms with Crippen molar-refractivity contribution in [2.45, 2.75) is 20.8 Å². The van der Waals surface area contributed by atoms with Crippen LogP contribution in [0.25, 0.3) is 0 Å². The molecule has 0 atom stereocenters. The molecule has 1 aromatic heterocycles. The Morgan fingerprint density at radius 2 is 1.57 bits per heavy atom. The maximum Gasteiger partial charge on any atom is 0.229 e. The van der Waals surface area contributed by atoms with E-state index in [9.17, 15) is 0 Å². The number of nitrogens with zero attached hydrogens (tertiary/aromatic N) is 2. The molecule has 1 heterocycles. The van der Waals surface area contributed by atoms with Gasteiger partial charge in [-0.1, -0.05) is 30.3 Å². The maximum absolute atomic E-state index is 4.56. The van der Waals surface area contributed by atoms with Crippen molar-refractivity contribution in [1.29, 1.82) is 0 Å². The van der Waals surface area contributed by atoms with Crippen LogP contribution in [0, 0.1) is 20.8 Å². The minimum absolute atomic E-state index is 0.595. The van der Waals surface area contributed by atoms with E-state index in [1.54, 1.807) is 0 Å². The number of nitrogens with one attached hydrogen (secondary N) is 2. The van der Waals surface area contributed by atoms with E-state index < -0.39 is 0 Å². The van der Waals surface area contributed by atoms with Gasteiger partial charge in [-0.15, -0.1) is 0 Å². The smallest absolute Gasteiger partial charge is 0.229 e. The van der Waals surface area contributed by atoms with Gasteiger partial charge in [0.15, 0.2) is 0 Å². The molecule has 2 aromatic carbocycles. The van der Waals surface area contributed by atoms with Gasteiger partial charge in [0.25, 0.3) is 0 Å². The Hall–Kier alpha value is -2.88. The van der Waals surface area contributed by atoms with Crippen molar-refractivity contribution in [3.63, 3.8) is 0 Å². The van der Waals surface area contributed by atoms with E-state index in [0.29, 0.717) is 5.95 Å². The quantitative estimate of drug-likeness (QED) is 0.720. The fourth-order valence-corrected chi connectivity index (χ4v) is 2.36. The first-order valence-electron chi connectivity index (χ1n) is 7.63. The first kappa shape index (κ1) is 15.0. The first-order valence-corrected chi connectivity index (χ1v) is 7.63. The maximum atomic E-state index is 4.56. The largest absolute Gasteiger partial charge is 0.340 e. The van der Waals surface area contributed by atoms with Crippen LogP contribution in [0.15, 0.2) is 54.6 Å². The fraction of sp³-hybridized carbons (Fsp3) is 0.158. The van der Waals surface area contributed by atoms with Crippen LogP contribution < -0.4 is 10.6 Å². The summed E-state index contributed by atoms with van der Waals surface area (Å²) in [5, 5.41) is 6.62. The lowest BCUT2D eigenvalue weighted by Crippen LogP contribution is -2.03. The zero-order chi connectivity index (χ0) is 16.2. The van der Waals surface area contributed by atoms with Gasteiger partial charge in [-0.05, 0) is 50.1 Å². The molecular weight excluding hydrogens is 284 g/mol. The highest BCUT2D eigenvalue weighted by Gasteiger charge is 2.06. The van der Waals surface area contributed by atoms with Crippen molar-refractivity contribution in [3.05, 3.63) is 71.4 Å². The molecule has 4 nitrogen and oxygen atoms in total. The second kappa shape index (κ2) is 6.48. The SMILES string of the molecule is Cc1cc(Nc2ccccc2)nc(Nc2cccc(C)c2C)n1. The minimum atomic E-state index is 0.595. The highest BCUT2D eigenvalue weighted by molar-refractivity contribution is 5.63. The normalized spacial score (nSPS) is 10.4. The highest BCUT2D eigenvalue weighted by Crippen LogP contribution is 2.23. The molecule has 0 aliphatic carbocycles. The summed E-state index contributed by atoms with van der Waals surface area (Å²) in [6.45, 7) is 6.16. The Morgan fingerprint density at radius 1 is 0.783 bits per heavy atom. The molecule has 0 aliphatic heterocycles. The molecule has 3 rings (SSSR count). The summed E-state index contributed by atoms with van der Waals surface area (Å²) in [7, 11) is 0. The van der Waals surface area contributed by atoms with Crippen molar-refractivity contribution in [2.75, 3.05) is 10.6 Å². The van der Waals surface area contributed by atoms with Crippen LogP contribution in [0.3, 0.4) is 0 Å². The summed E-state index contributed by atoms with van der Waals surface area (Å²) < 4.78 is 0. The van der Waals surface area contributed by atoms with Crippen LogP contribution in [-0.2, 0) is 0 Å². The average molecular weight is 304 g/mol. The molecule has 4 heteroatoms. The number of aryl methyl sites for hydroxylation is 2. The monoisotopic (exact) mass is 304 g/mol. The third-order valence-corrected chi connectivity index (χ3v) is 3.75. The van der Waals surface area contributed by atoms with Crippen molar-refractivity contribution in [1.82, 2.24) is 9.97 Å². The molecule has 0 radical (unpaired) electrons. The topological polar surface area (TPSA) is 49.8 Å². The van der Waals surface area contributed by atoms with Gasteiger partial charge in [-0.3, -0.25) is 0 Å². The molecule has 0 unspecified atom stereocenters. The minimum Gasteiger partial charge on any atom is -0.340 e. The number of benzene rings is 2. The predicted octanol–water partition coefficient (Wildman–Crippen LogP) is 4.89. The van der Waals surface area contributed by atoms with Crippen LogP contribution >= 0.6 is 0 Å². The Morgan fingerprint density at radius 3 is 2.35 bits per heavy atom. The summed E-state index contributed by atoms with van der Waals surface area (Å²) in [6.07, 6.45) is 0. The van der Waals surface area contributed by atoms with Crippen LogP contribution in [-0.4, -0.2) is 9.97 Å². The molecule has 0 amide bonds. The van der Waals surface area contributed by atoms with Gasteiger partial charge >= 0.3 is 0 Å². The van der Waals surface area contributed by atoms with E-state index in [-0.39, 0.29) is 0 Å². The Balaban J connectivity index is 1.87.